The minimum absolute atomic E-state index is 0.0109. The van der Waals surface area contributed by atoms with Crippen LogP contribution in [0.5, 0.6) is 11.5 Å². The van der Waals surface area contributed by atoms with Gasteiger partial charge in [0.2, 0.25) is 0 Å². The fourth-order valence-electron chi connectivity index (χ4n) is 2.58. The molecule has 2 N–H and O–H groups in total. The molecule has 0 fully saturated rings. The van der Waals surface area contributed by atoms with Crippen LogP contribution in [0.3, 0.4) is 0 Å². The molecule has 1 aromatic heterocycles. The number of benzene rings is 2. The minimum Gasteiger partial charge on any atom is -0.508 e. The largest absolute Gasteiger partial charge is 0.508 e. The van der Waals surface area contributed by atoms with Gasteiger partial charge in [0.25, 0.3) is 0 Å². The van der Waals surface area contributed by atoms with Gasteiger partial charge in [-0.2, -0.15) is 8.42 Å². The predicted molar refractivity (Wildman–Crippen MR) is 91.9 cm³/mol. The van der Waals surface area contributed by atoms with E-state index in [4.69, 9.17) is 4.55 Å². The summed E-state index contributed by atoms with van der Waals surface area (Å²) in [6, 6.07) is 18.7. The van der Waals surface area contributed by atoms with Crippen LogP contribution >= 0.6 is 0 Å². The quantitative estimate of drug-likeness (QED) is 0.681. The highest BCUT2D eigenvalue weighted by atomic mass is 32.3. The van der Waals surface area contributed by atoms with Crippen LogP contribution in [0, 0.1) is 0 Å². The van der Waals surface area contributed by atoms with Crippen LogP contribution in [0.4, 0.5) is 0 Å². The van der Waals surface area contributed by atoms with Gasteiger partial charge in [-0.25, -0.2) is 0 Å². The number of phenols is 1. The lowest BCUT2D eigenvalue weighted by Crippen LogP contribution is -2.08. The van der Waals surface area contributed by atoms with E-state index in [9.17, 15) is 13.5 Å². The molecule has 0 aliphatic rings. The van der Waals surface area contributed by atoms with E-state index < -0.39 is 10.4 Å². The highest BCUT2D eigenvalue weighted by Gasteiger charge is 2.18. The normalized spacial score (nSPS) is 12.5. The Morgan fingerprint density at radius 3 is 2.00 bits per heavy atom. The van der Waals surface area contributed by atoms with Crippen molar-refractivity contribution in [3.63, 3.8) is 0 Å². The second kappa shape index (κ2) is 6.92. The van der Waals surface area contributed by atoms with Crippen molar-refractivity contribution in [2.45, 2.75) is 5.92 Å². The molecule has 7 heteroatoms. The zero-order valence-corrected chi connectivity index (χ0v) is 13.8. The molecule has 0 amide bonds. The lowest BCUT2D eigenvalue weighted by atomic mass is 9.88. The Bertz CT molecular complexity index is 939. The first-order valence-corrected chi connectivity index (χ1v) is 8.75. The molecule has 128 valence electrons. The Hall–Kier alpha value is -2.90. The van der Waals surface area contributed by atoms with Crippen molar-refractivity contribution in [1.82, 2.24) is 4.98 Å². The second-order valence-corrected chi connectivity index (χ2v) is 6.38. The van der Waals surface area contributed by atoms with E-state index in [1.54, 1.807) is 42.6 Å². The summed E-state index contributed by atoms with van der Waals surface area (Å²) in [6.07, 6.45) is 1.69. The van der Waals surface area contributed by atoms with Crippen LogP contribution in [0.25, 0.3) is 0 Å². The Morgan fingerprint density at radius 2 is 1.48 bits per heavy atom. The summed E-state index contributed by atoms with van der Waals surface area (Å²) in [6.45, 7) is 0. The van der Waals surface area contributed by atoms with Crippen molar-refractivity contribution in [2.75, 3.05) is 0 Å². The standard InChI is InChI=1S/C18H15NO5S/c20-15-8-4-13(5-9-15)18(17-3-1-2-12-19-17)14-6-10-16(11-7-14)24-25(21,22)23/h1-12,18,20H,(H,21,22,23). The van der Waals surface area contributed by atoms with E-state index in [1.807, 2.05) is 18.2 Å². The molecule has 0 saturated carbocycles. The highest BCUT2D eigenvalue weighted by Crippen LogP contribution is 2.32. The number of aromatic nitrogens is 1. The van der Waals surface area contributed by atoms with Crippen LogP contribution in [-0.2, 0) is 10.4 Å². The number of nitrogens with zero attached hydrogens (tertiary/aromatic N) is 1. The topological polar surface area (TPSA) is 96.7 Å². The summed E-state index contributed by atoms with van der Waals surface area (Å²) < 4.78 is 34.8. The van der Waals surface area contributed by atoms with Crippen molar-refractivity contribution < 1.29 is 22.3 Å². The first-order chi connectivity index (χ1) is 11.9. The molecular weight excluding hydrogens is 342 g/mol. The van der Waals surface area contributed by atoms with Crippen molar-refractivity contribution in [2.24, 2.45) is 0 Å². The monoisotopic (exact) mass is 357 g/mol. The molecular formula is C18H15NO5S. The number of hydrogen-bond donors (Lipinski definition) is 2. The van der Waals surface area contributed by atoms with Gasteiger partial charge < -0.3 is 9.29 Å². The summed E-state index contributed by atoms with van der Waals surface area (Å²) in [7, 11) is -4.56. The van der Waals surface area contributed by atoms with Gasteiger partial charge in [-0.05, 0) is 47.5 Å². The third kappa shape index (κ3) is 4.34. The summed E-state index contributed by atoms with van der Waals surface area (Å²) in [5.74, 6) is -0.0290. The lowest BCUT2D eigenvalue weighted by molar-refractivity contribution is 0.386. The van der Waals surface area contributed by atoms with E-state index in [0.29, 0.717) is 0 Å². The molecule has 25 heavy (non-hydrogen) atoms. The van der Waals surface area contributed by atoms with Crippen molar-refractivity contribution in [3.05, 3.63) is 89.7 Å². The smallest absolute Gasteiger partial charge is 0.446 e. The fourth-order valence-corrected chi connectivity index (χ4v) is 2.94. The Balaban J connectivity index is 2.01. The summed E-state index contributed by atoms with van der Waals surface area (Å²) >= 11 is 0. The molecule has 1 unspecified atom stereocenters. The Morgan fingerprint density at radius 1 is 0.880 bits per heavy atom. The first kappa shape index (κ1) is 16.9. The minimum atomic E-state index is -4.56. The molecule has 0 spiro atoms. The predicted octanol–water partition coefficient (Wildman–Crippen LogP) is 3.15. The van der Waals surface area contributed by atoms with E-state index >= 15 is 0 Å². The molecule has 0 aliphatic carbocycles. The van der Waals surface area contributed by atoms with E-state index in [0.717, 1.165) is 16.8 Å². The van der Waals surface area contributed by atoms with Gasteiger partial charge in [0.15, 0.2) is 0 Å². The molecule has 2 aromatic carbocycles. The average Bonchev–Trinajstić information content (AvgIpc) is 2.58. The molecule has 0 radical (unpaired) electrons. The number of hydrogen-bond acceptors (Lipinski definition) is 5. The van der Waals surface area contributed by atoms with Crippen molar-refractivity contribution in [1.29, 1.82) is 0 Å². The number of aromatic hydroxyl groups is 1. The van der Waals surface area contributed by atoms with Gasteiger partial charge >= 0.3 is 10.4 Å². The van der Waals surface area contributed by atoms with Gasteiger partial charge in [0.1, 0.15) is 11.5 Å². The lowest BCUT2D eigenvalue weighted by Gasteiger charge is -2.18. The van der Waals surface area contributed by atoms with Crippen LogP contribution in [0.15, 0.2) is 72.9 Å². The van der Waals surface area contributed by atoms with E-state index in [1.165, 1.54) is 12.1 Å². The third-order valence-electron chi connectivity index (χ3n) is 3.62. The zero-order valence-electron chi connectivity index (χ0n) is 13.0. The van der Waals surface area contributed by atoms with E-state index in [2.05, 4.69) is 9.17 Å². The molecule has 0 aliphatic heterocycles. The Labute approximate surface area is 145 Å². The Kier molecular flexibility index (Phi) is 4.69. The zero-order chi connectivity index (χ0) is 17.9. The average molecular weight is 357 g/mol. The summed E-state index contributed by atoms with van der Waals surface area (Å²) in [5.41, 5.74) is 2.57. The van der Waals surface area contributed by atoms with Gasteiger partial charge in [-0.3, -0.25) is 9.54 Å². The fraction of sp³-hybridized carbons (Fsp3) is 0.0556. The molecule has 1 heterocycles. The molecule has 1 atom stereocenters. The first-order valence-electron chi connectivity index (χ1n) is 7.39. The maximum atomic E-state index is 10.8. The third-order valence-corrected chi connectivity index (χ3v) is 4.03. The summed E-state index contributed by atoms with van der Waals surface area (Å²) in [5, 5.41) is 9.51. The van der Waals surface area contributed by atoms with Gasteiger partial charge in [-0.1, -0.05) is 30.3 Å². The van der Waals surface area contributed by atoms with Crippen LogP contribution in [0.2, 0.25) is 0 Å². The summed E-state index contributed by atoms with van der Waals surface area (Å²) in [4.78, 5) is 4.41. The second-order valence-electron chi connectivity index (χ2n) is 5.36. The van der Waals surface area contributed by atoms with Crippen LogP contribution in [-0.4, -0.2) is 23.1 Å². The molecule has 3 aromatic rings. The maximum Gasteiger partial charge on any atom is 0.446 e. The van der Waals surface area contributed by atoms with E-state index in [-0.39, 0.29) is 17.4 Å². The van der Waals surface area contributed by atoms with Crippen molar-refractivity contribution in [3.8, 4) is 11.5 Å². The van der Waals surface area contributed by atoms with Gasteiger partial charge in [0.05, 0.1) is 11.6 Å². The number of pyridine rings is 1. The maximum absolute atomic E-state index is 10.8. The SMILES string of the molecule is O=S(=O)(O)Oc1ccc(C(c2ccc(O)cc2)c2ccccn2)cc1. The van der Waals surface area contributed by atoms with Crippen molar-refractivity contribution >= 4 is 10.4 Å². The molecule has 0 saturated heterocycles. The van der Waals surface area contributed by atoms with Crippen LogP contribution < -0.4 is 4.18 Å². The molecule has 3 rings (SSSR count). The molecule has 0 bridgehead atoms. The highest BCUT2D eigenvalue weighted by molar-refractivity contribution is 7.81. The number of phenolic OH excluding ortho intramolecular Hbond substituents is 1. The molecule has 6 nitrogen and oxygen atoms in total. The van der Waals surface area contributed by atoms with Gasteiger partial charge in [0, 0.05) is 6.20 Å². The number of rotatable bonds is 5. The van der Waals surface area contributed by atoms with Gasteiger partial charge in [-0.15, -0.1) is 0 Å². The van der Waals surface area contributed by atoms with Crippen LogP contribution in [0.1, 0.15) is 22.7 Å².